The Balaban J connectivity index is 2.92. The Kier molecular flexibility index (Phi) is 2.54. The van der Waals surface area contributed by atoms with Gasteiger partial charge in [0.05, 0.1) is 12.7 Å². The van der Waals surface area contributed by atoms with Crippen molar-refractivity contribution in [3.8, 4) is 0 Å². The lowest BCUT2D eigenvalue weighted by Crippen LogP contribution is -2.38. The molecule has 0 spiro atoms. The monoisotopic (exact) mass is 184 g/mol. The zero-order valence-corrected chi connectivity index (χ0v) is 7.52. The van der Waals surface area contributed by atoms with Crippen LogP contribution in [0.25, 0.3) is 0 Å². The summed E-state index contributed by atoms with van der Waals surface area (Å²) >= 11 is 0. The molecule has 0 radical (unpaired) electrons. The molecule has 0 aliphatic heterocycles. The molecule has 2 unspecified atom stereocenters. The third-order valence-electron chi connectivity index (χ3n) is 1.93. The van der Waals surface area contributed by atoms with Crippen molar-refractivity contribution < 1.29 is 19.7 Å². The van der Waals surface area contributed by atoms with Crippen LogP contribution in [0.1, 0.15) is 6.92 Å². The standard InChI is InChI=1S/C9H12O4/c1-9(12)5-6(8(11)13-2)3-4-7(9)10/h3-5,7,10,12H,1-2H3. The molecule has 0 aromatic rings. The number of aliphatic hydroxyl groups excluding tert-OH is 1. The molecule has 0 fully saturated rings. The number of hydrogen-bond donors (Lipinski definition) is 2. The normalized spacial score (nSPS) is 32.6. The molecule has 2 N–H and O–H groups in total. The maximum atomic E-state index is 11.0. The van der Waals surface area contributed by atoms with Gasteiger partial charge in [-0.05, 0) is 19.1 Å². The Labute approximate surface area is 76.1 Å². The van der Waals surface area contributed by atoms with Crippen molar-refractivity contribution >= 4 is 5.97 Å². The first-order chi connectivity index (χ1) is 5.97. The molecule has 0 saturated heterocycles. The fraction of sp³-hybridized carbons (Fsp3) is 0.444. The summed E-state index contributed by atoms with van der Waals surface area (Å²) in [6, 6.07) is 0. The van der Waals surface area contributed by atoms with Crippen LogP contribution in [0.5, 0.6) is 0 Å². The van der Waals surface area contributed by atoms with Gasteiger partial charge in [0.2, 0.25) is 0 Å². The molecule has 4 nitrogen and oxygen atoms in total. The van der Waals surface area contributed by atoms with Crippen molar-refractivity contribution in [1.82, 2.24) is 0 Å². The van der Waals surface area contributed by atoms with E-state index in [0.717, 1.165) is 0 Å². The molecule has 0 heterocycles. The van der Waals surface area contributed by atoms with Gasteiger partial charge in [-0.1, -0.05) is 6.08 Å². The van der Waals surface area contributed by atoms with Gasteiger partial charge in [0, 0.05) is 0 Å². The van der Waals surface area contributed by atoms with Crippen LogP contribution in [-0.2, 0) is 9.53 Å². The molecule has 72 valence electrons. The molecule has 0 aromatic carbocycles. The van der Waals surface area contributed by atoms with Crippen molar-refractivity contribution in [3.05, 3.63) is 23.8 Å². The van der Waals surface area contributed by atoms with Crippen molar-refractivity contribution in [1.29, 1.82) is 0 Å². The third-order valence-corrected chi connectivity index (χ3v) is 1.93. The van der Waals surface area contributed by atoms with Crippen LogP contribution in [0.4, 0.5) is 0 Å². The minimum atomic E-state index is -1.40. The van der Waals surface area contributed by atoms with E-state index in [1.807, 2.05) is 0 Å². The quantitative estimate of drug-likeness (QED) is 0.552. The molecule has 0 aromatic heterocycles. The zero-order chi connectivity index (χ0) is 10.1. The minimum Gasteiger partial charge on any atom is -0.465 e. The predicted molar refractivity (Wildman–Crippen MR) is 45.9 cm³/mol. The fourth-order valence-corrected chi connectivity index (χ4v) is 1.08. The second-order valence-corrected chi connectivity index (χ2v) is 3.12. The Bertz CT molecular complexity index is 275. The van der Waals surface area contributed by atoms with Crippen molar-refractivity contribution in [2.45, 2.75) is 18.6 Å². The van der Waals surface area contributed by atoms with E-state index in [9.17, 15) is 15.0 Å². The first-order valence-corrected chi connectivity index (χ1v) is 3.87. The molecule has 0 bridgehead atoms. The molecule has 13 heavy (non-hydrogen) atoms. The average Bonchev–Trinajstić information content (AvgIpc) is 2.08. The van der Waals surface area contributed by atoms with Crippen LogP contribution in [0, 0.1) is 0 Å². The van der Waals surface area contributed by atoms with E-state index in [-0.39, 0.29) is 5.57 Å². The first kappa shape index (κ1) is 9.95. The van der Waals surface area contributed by atoms with E-state index >= 15 is 0 Å². The van der Waals surface area contributed by atoms with Gasteiger partial charge >= 0.3 is 5.97 Å². The van der Waals surface area contributed by atoms with Crippen LogP contribution < -0.4 is 0 Å². The summed E-state index contributed by atoms with van der Waals surface area (Å²) in [6.45, 7) is 1.42. The highest BCUT2D eigenvalue weighted by atomic mass is 16.5. The van der Waals surface area contributed by atoms with Gasteiger partial charge in [-0.25, -0.2) is 4.79 Å². The summed E-state index contributed by atoms with van der Waals surface area (Å²) in [7, 11) is 1.26. The summed E-state index contributed by atoms with van der Waals surface area (Å²) in [5, 5.41) is 18.8. The number of hydrogen-bond acceptors (Lipinski definition) is 4. The van der Waals surface area contributed by atoms with E-state index in [1.165, 1.54) is 32.3 Å². The zero-order valence-electron chi connectivity index (χ0n) is 7.52. The van der Waals surface area contributed by atoms with E-state index in [4.69, 9.17) is 0 Å². The van der Waals surface area contributed by atoms with E-state index in [0.29, 0.717) is 0 Å². The molecule has 4 heteroatoms. The van der Waals surface area contributed by atoms with Crippen LogP contribution in [0.15, 0.2) is 23.8 Å². The molecule has 1 rings (SSSR count). The molecule has 2 atom stereocenters. The molecular formula is C9H12O4. The van der Waals surface area contributed by atoms with Gasteiger partial charge in [-0.3, -0.25) is 0 Å². The lowest BCUT2D eigenvalue weighted by atomic mass is 9.91. The largest absolute Gasteiger partial charge is 0.465 e. The van der Waals surface area contributed by atoms with Gasteiger partial charge in [-0.2, -0.15) is 0 Å². The summed E-state index contributed by atoms with van der Waals surface area (Å²) in [5.74, 6) is -0.525. The Morgan fingerprint density at radius 3 is 2.77 bits per heavy atom. The molecule has 1 aliphatic carbocycles. The van der Waals surface area contributed by atoms with Crippen molar-refractivity contribution in [3.63, 3.8) is 0 Å². The number of esters is 1. The van der Waals surface area contributed by atoms with Gasteiger partial charge in [0.1, 0.15) is 11.7 Å². The van der Waals surface area contributed by atoms with Gasteiger partial charge in [0.15, 0.2) is 0 Å². The van der Waals surface area contributed by atoms with Crippen molar-refractivity contribution in [2.75, 3.05) is 7.11 Å². The number of carbonyl (C=O) groups excluding carboxylic acids is 1. The smallest absolute Gasteiger partial charge is 0.337 e. The fourth-order valence-electron chi connectivity index (χ4n) is 1.08. The van der Waals surface area contributed by atoms with E-state index in [1.54, 1.807) is 0 Å². The maximum Gasteiger partial charge on any atom is 0.337 e. The van der Waals surface area contributed by atoms with E-state index in [2.05, 4.69) is 4.74 Å². The molecular weight excluding hydrogens is 172 g/mol. The van der Waals surface area contributed by atoms with Gasteiger partial charge in [-0.15, -0.1) is 0 Å². The number of methoxy groups -OCH3 is 1. The summed E-state index contributed by atoms with van der Waals surface area (Å²) in [4.78, 5) is 11.0. The Hall–Kier alpha value is -1.13. The number of rotatable bonds is 1. The highest BCUT2D eigenvalue weighted by Crippen LogP contribution is 2.21. The molecule has 1 aliphatic rings. The SMILES string of the molecule is COC(=O)C1=CC(C)(O)C(O)C=C1. The average molecular weight is 184 g/mol. The highest BCUT2D eigenvalue weighted by molar-refractivity contribution is 5.92. The lowest BCUT2D eigenvalue weighted by molar-refractivity contribution is -0.136. The van der Waals surface area contributed by atoms with Gasteiger partial charge < -0.3 is 14.9 Å². The second kappa shape index (κ2) is 3.32. The van der Waals surface area contributed by atoms with E-state index < -0.39 is 17.7 Å². The Morgan fingerprint density at radius 2 is 2.31 bits per heavy atom. The number of ether oxygens (including phenoxy) is 1. The van der Waals surface area contributed by atoms with Crippen molar-refractivity contribution in [2.24, 2.45) is 0 Å². The van der Waals surface area contributed by atoms with Crippen LogP contribution >= 0.6 is 0 Å². The topological polar surface area (TPSA) is 66.8 Å². The van der Waals surface area contributed by atoms with Crippen LogP contribution in [-0.4, -0.2) is 35.0 Å². The number of aliphatic hydroxyl groups is 2. The van der Waals surface area contributed by atoms with Gasteiger partial charge in [0.25, 0.3) is 0 Å². The maximum absolute atomic E-state index is 11.0. The predicted octanol–water partition coefficient (Wildman–Crippen LogP) is -0.233. The van der Waals surface area contributed by atoms with Crippen LogP contribution in [0.2, 0.25) is 0 Å². The summed E-state index contributed by atoms with van der Waals surface area (Å²) in [6.07, 6.45) is 3.07. The highest BCUT2D eigenvalue weighted by Gasteiger charge is 2.30. The Morgan fingerprint density at radius 1 is 1.69 bits per heavy atom. The van der Waals surface area contributed by atoms with Crippen LogP contribution in [0.3, 0.4) is 0 Å². The first-order valence-electron chi connectivity index (χ1n) is 3.87. The molecule has 0 amide bonds. The third kappa shape index (κ3) is 1.96. The minimum absolute atomic E-state index is 0.248. The summed E-state index contributed by atoms with van der Waals surface area (Å²) < 4.78 is 4.47. The number of carbonyl (C=O) groups is 1. The second-order valence-electron chi connectivity index (χ2n) is 3.12. The lowest BCUT2D eigenvalue weighted by Gasteiger charge is -2.26. The molecule has 0 saturated carbocycles. The summed E-state index contributed by atoms with van der Waals surface area (Å²) in [5.41, 5.74) is -1.16.